The first-order valence-corrected chi connectivity index (χ1v) is 7.89. The molecule has 0 spiro atoms. The Kier molecular flexibility index (Phi) is 4.55. The highest BCUT2D eigenvalue weighted by Crippen LogP contribution is 2.34. The van der Waals surface area contributed by atoms with Crippen molar-refractivity contribution >= 4 is 11.6 Å². The van der Waals surface area contributed by atoms with Gasteiger partial charge in [-0.3, -0.25) is 0 Å². The average molecular weight is 313 g/mol. The predicted molar refractivity (Wildman–Crippen MR) is 88.3 cm³/mol. The fourth-order valence-electron chi connectivity index (χ4n) is 2.93. The molecule has 0 unspecified atom stereocenters. The first kappa shape index (κ1) is 15.5. The van der Waals surface area contributed by atoms with Crippen molar-refractivity contribution in [3.05, 3.63) is 42.2 Å². The lowest BCUT2D eigenvalue weighted by atomic mass is 10.0. The molecular formula is C18H21N2O3. The number of rotatable bonds is 6. The molecule has 23 heavy (non-hydrogen) atoms. The van der Waals surface area contributed by atoms with Crippen LogP contribution in [0.5, 0.6) is 11.5 Å². The maximum Gasteiger partial charge on any atom is 0.345 e. The van der Waals surface area contributed by atoms with Gasteiger partial charge < -0.3 is 14.8 Å². The Hall–Kier alpha value is -2.43. The highest BCUT2D eigenvalue weighted by molar-refractivity contribution is 5.81. The molecule has 1 radical (unpaired) electrons. The fourth-order valence-corrected chi connectivity index (χ4v) is 2.93. The topological polar surface area (TPSA) is 61.7 Å². The van der Waals surface area contributed by atoms with Crippen LogP contribution in [0.1, 0.15) is 37.7 Å². The Labute approximate surface area is 136 Å². The maximum absolute atomic E-state index is 11.1. The third-order valence-electron chi connectivity index (χ3n) is 4.18. The zero-order chi connectivity index (χ0) is 16.2. The molecule has 121 valence electrons. The second-order valence-electron chi connectivity index (χ2n) is 5.88. The third-order valence-corrected chi connectivity index (χ3v) is 4.18. The Morgan fingerprint density at radius 1 is 1.35 bits per heavy atom. The molecule has 1 heterocycles. The van der Waals surface area contributed by atoms with Crippen molar-refractivity contribution in [1.82, 2.24) is 10.6 Å². The third kappa shape index (κ3) is 3.67. The fraction of sp³-hybridized carbons (Fsp3) is 0.389. The van der Waals surface area contributed by atoms with E-state index in [1.54, 1.807) is 13.3 Å². The number of hydrogen-bond donors (Lipinski definition) is 1. The van der Waals surface area contributed by atoms with Gasteiger partial charge in [0.1, 0.15) is 0 Å². The standard InChI is InChI=1S/C18H21N2O3/c1-12(9-14-11-19-18(21)20-14)13-7-8-16(22-2)17(10-13)23-15-5-3-4-6-15/h7-8,10-11,15H,1,3-6,9H2,2H3,(H,20,21). The van der Waals surface area contributed by atoms with Gasteiger partial charge in [-0.15, -0.1) is 0 Å². The first-order chi connectivity index (χ1) is 11.2. The largest absolute Gasteiger partial charge is 0.493 e. The van der Waals surface area contributed by atoms with Gasteiger partial charge in [0.25, 0.3) is 0 Å². The highest BCUT2D eigenvalue weighted by atomic mass is 16.5. The minimum atomic E-state index is -0.326. The van der Waals surface area contributed by atoms with E-state index in [0.717, 1.165) is 41.2 Å². The number of hydrogen-bond acceptors (Lipinski definition) is 3. The van der Waals surface area contributed by atoms with E-state index in [2.05, 4.69) is 17.2 Å². The van der Waals surface area contributed by atoms with Crippen LogP contribution in [-0.4, -0.2) is 19.2 Å². The minimum Gasteiger partial charge on any atom is -0.493 e. The van der Waals surface area contributed by atoms with Gasteiger partial charge in [-0.1, -0.05) is 12.6 Å². The molecule has 0 bridgehead atoms. The van der Waals surface area contributed by atoms with E-state index in [1.165, 1.54) is 12.8 Å². The molecule has 1 fully saturated rings. The molecule has 3 rings (SSSR count). The predicted octanol–water partition coefficient (Wildman–Crippen LogP) is 3.59. The molecule has 5 heteroatoms. The highest BCUT2D eigenvalue weighted by Gasteiger charge is 2.19. The molecule has 0 saturated heterocycles. The first-order valence-electron chi connectivity index (χ1n) is 7.89. The number of allylic oxidation sites excluding steroid dienone is 1. The monoisotopic (exact) mass is 313 g/mol. The molecule has 2 amide bonds. The molecule has 2 aliphatic rings. The summed E-state index contributed by atoms with van der Waals surface area (Å²) in [5.74, 6) is 1.49. The smallest absolute Gasteiger partial charge is 0.345 e. The number of methoxy groups -OCH3 is 1. The summed E-state index contributed by atoms with van der Waals surface area (Å²) in [6, 6.07) is 5.50. The van der Waals surface area contributed by atoms with Gasteiger partial charge >= 0.3 is 6.03 Å². The van der Waals surface area contributed by atoms with Crippen LogP contribution in [0.3, 0.4) is 0 Å². The van der Waals surface area contributed by atoms with Gasteiger partial charge in [-0.25, -0.2) is 4.79 Å². The van der Waals surface area contributed by atoms with Crippen LogP contribution >= 0.6 is 0 Å². The molecule has 1 aliphatic carbocycles. The normalized spacial score (nSPS) is 17.4. The van der Waals surface area contributed by atoms with Crippen molar-refractivity contribution in [2.24, 2.45) is 0 Å². The van der Waals surface area contributed by atoms with E-state index < -0.39 is 0 Å². The van der Waals surface area contributed by atoms with E-state index in [1.807, 2.05) is 18.2 Å². The quantitative estimate of drug-likeness (QED) is 0.873. The summed E-state index contributed by atoms with van der Waals surface area (Å²) in [5.41, 5.74) is 2.63. The Morgan fingerprint density at radius 3 is 2.78 bits per heavy atom. The second kappa shape index (κ2) is 6.77. The van der Waals surface area contributed by atoms with Crippen molar-refractivity contribution in [3.63, 3.8) is 0 Å². The van der Waals surface area contributed by atoms with E-state index in [-0.39, 0.29) is 12.1 Å². The average Bonchev–Trinajstić information content (AvgIpc) is 3.19. The van der Waals surface area contributed by atoms with Crippen LogP contribution in [0.25, 0.3) is 5.57 Å². The van der Waals surface area contributed by atoms with Crippen LogP contribution in [0.15, 0.2) is 36.7 Å². The van der Waals surface area contributed by atoms with Gasteiger partial charge in [0.2, 0.25) is 0 Å². The van der Waals surface area contributed by atoms with Crippen LogP contribution in [-0.2, 0) is 0 Å². The number of carbonyl (C=O) groups is 1. The maximum atomic E-state index is 11.1. The van der Waals surface area contributed by atoms with Crippen LogP contribution in [0, 0.1) is 0 Å². The number of benzene rings is 1. The SMILES string of the molecule is C=C(CC1=C[N]C(=O)N1)c1ccc(OC)c(OC2CCCC2)c1. The minimum absolute atomic E-state index is 0.267. The lowest BCUT2D eigenvalue weighted by molar-refractivity contribution is 0.200. The van der Waals surface area contributed by atoms with Gasteiger partial charge in [-0.05, 0) is 49.0 Å². The zero-order valence-electron chi connectivity index (χ0n) is 13.3. The number of ether oxygens (including phenoxy) is 2. The lowest BCUT2D eigenvalue weighted by Gasteiger charge is -2.17. The van der Waals surface area contributed by atoms with Gasteiger partial charge in [0, 0.05) is 12.1 Å². The van der Waals surface area contributed by atoms with E-state index in [0.29, 0.717) is 6.42 Å². The van der Waals surface area contributed by atoms with Crippen molar-refractivity contribution < 1.29 is 14.3 Å². The number of urea groups is 1. The van der Waals surface area contributed by atoms with Gasteiger partial charge in [-0.2, -0.15) is 5.32 Å². The molecule has 5 nitrogen and oxygen atoms in total. The van der Waals surface area contributed by atoms with Crippen molar-refractivity contribution in [1.29, 1.82) is 0 Å². The number of nitrogens with zero attached hydrogens (tertiary/aromatic N) is 1. The van der Waals surface area contributed by atoms with Crippen molar-refractivity contribution in [3.8, 4) is 11.5 Å². The van der Waals surface area contributed by atoms with Crippen LogP contribution in [0.4, 0.5) is 4.79 Å². The Morgan fingerprint density at radius 2 is 2.13 bits per heavy atom. The van der Waals surface area contributed by atoms with Gasteiger partial charge in [0.15, 0.2) is 11.5 Å². The molecule has 1 N–H and O–H groups in total. The van der Waals surface area contributed by atoms with Crippen molar-refractivity contribution in [2.45, 2.75) is 38.2 Å². The Balaban J connectivity index is 1.73. The molecule has 0 aromatic heterocycles. The molecule has 1 aliphatic heterocycles. The summed E-state index contributed by atoms with van der Waals surface area (Å²) in [6.07, 6.45) is 6.98. The van der Waals surface area contributed by atoms with Crippen LogP contribution in [0.2, 0.25) is 0 Å². The molecule has 0 atom stereocenters. The number of amides is 2. The molecule has 1 saturated carbocycles. The number of nitrogens with one attached hydrogen (secondary N) is 1. The molecule has 1 aromatic carbocycles. The van der Waals surface area contributed by atoms with E-state index in [9.17, 15) is 4.79 Å². The molecular weight excluding hydrogens is 292 g/mol. The van der Waals surface area contributed by atoms with Gasteiger partial charge in [0.05, 0.1) is 19.4 Å². The van der Waals surface area contributed by atoms with E-state index in [4.69, 9.17) is 9.47 Å². The zero-order valence-corrected chi connectivity index (χ0v) is 13.3. The van der Waals surface area contributed by atoms with E-state index >= 15 is 0 Å². The summed E-state index contributed by atoms with van der Waals surface area (Å²) >= 11 is 0. The van der Waals surface area contributed by atoms with Crippen molar-refractivity contribution in [2.75, 3.05) is 7.11 Å². The summed E-state index contributed by atoms with van der Waals surface area (Å²) < 4.78 is 11.5. The lowest BCUT2D eigenvalue weighted by Crippen LogP contribution is -2.18. The number of carbonyl (C=O) groups excluding carboxylic acids is 1. The van der Waals surface area contributed by atoms with Crippen LogP contribution < -0.4 is 20.1 Å². The summed E-state index contributed by atoms with van der Waals surface area (Å²) in [7, 11) is 1.64. The summed E-state index contributed by atoms with van der Waals surface area (Å²) in [6.45, 7) is 4.11. The molecule has 1 aromatic rings. The Bertz CT molecular complexity index is 646. The summed E-state index contributed by atoms with van der Waals surface area (Å²) in [4.78, 5) is 11.1. The summed E-state index contributed by atoms with van der Waals surface area (Å²) in [5, 5.41) is 6.37. The second-order valence-corrected chi connectivity index (χ2v) is 5.88.